The summed E-state index contributed by atoms with van der Waals surface area (Å²) in [5, 5.41) is 1.57. The standard InChI is InChI=1S/C20H20Cl2N2/c21-16-3-1-2-14(9-16)20(23)12-24-7-6-18-15(11-24)8-13-4-5-17(22)10-19(13)18/h1-5,9-10,20H,6-8,11-12,23H2. The summed E-state index contributed by atoms with van der Waals surface area (Å²) in [5.74, 6) is 0. The molecule has 0 spiro atoms. The fourth-order valence-electron chi connectivity index (χ4n) is 3.87. The Bertz CT molecular complexity index is 813. The van der Waals surface area contributed by atoms with Crippen molar-refractivity contribution in [2.24, 2.45) is 5.73 Å². The van der Waals surface area contributed by atoms with Crippen molar-refractivity contribution in [3.8, 4) is 0 Å². The molecule has 24 heavy (non-hydrogen) atoms. The average molecular weight is 359 g/mol. The van der Waals surface area contributed by atoms with Crippen molar-refractivity contribution in [3.05, 3.63) is 74.8 Å². The molecule has 0 saturated carbocycles. The van der Waals surface area contributed by atoms with Gasteiger partial charge in [0.05, 0.1) is 0 Å². The lowest BCUT2D eigenvalue weighted by Crippen LogP contribution is -2.36. The molecule has 2 aliphatic rings. The minimum atomic E-state index is -0.0101. The first-order valence-electron chi connectivity index (χ1n) is 8.33. The highest BCUT2D eigenvalue weighted by atomic mass is 35.5. The third-order valence-electron chi connectivity index (χ3n) is 5.05. The number of nitrogens with two attached hydrogens (primary N) is 1. The summed E-state index contributed by atoms with van der Waals surface area (Å²) < 4.78 is 0. The summed E-state index contributed by atoms with van der Waals surface area (Å²) in [4.78, 5) is 2.46. The molecule has 2 aromatic carbocycles. The van der Waals surface area contributed by atoms with Crippen molar-refractivity contribution in [1.29, 1.82) is 0 Å². The molecule has 1 aliphatic carbocycles. The van der Waals surface area contributed by atoms with Crippen LogP contribution in [-0.4, -0.2) is 24.5 Å². The molecular formula is C20H20Cl2N2. The zero-order valence-corrected chi connectivity index (χ0v) is 14.9. The Morgan fingerprint density at radius 1 is 1.08 bits per heavy atom. The molecule has 124 valence electrons. The Morgan fingerprint density at radius 2 is 1.92 bits per heavy atom. The second-order valence-electron chi connectivity index (χ2n) is 6.71. The first-order valence-corrected chi connectivity index (χ1v) is 9.09. The van der Waals surface area contributed by atoms with E-state index in [9.17, 15) is 0 Å². The van der Waals surface area contributed by atoms with Crippen LogP contribution in [0.1, 0.15) is 29.2 Å². The Morgan fingerprint density at radius 3 is 2.75 bits per heavy atom. The molecule has 1 atom stereocenters. The monoisotopic (exact) mass is 358 g/mol. The van der Waals surface area contributed by atoms with Crippen LogP contribution in [0.2, 0.25) is 10.0 Å². The number of rotatable bonds is 3. The molecular weight excluding hydrogens is 339 g/mol. The smallest absolute Gasteiger partial charge is 0.0424 e. The van der Waals surface area contributed by atoms with E-state index in [-0.39, 0.29) is 6.04 Å². The van der Waals surface area contributed by atoms with Gasteiger partial charge in [-0.3, -0.25) is 4.90 Å². The van der Waals surface area contributed by atoms with Crippen molar-refractivity contribution in [3.63, 3.8) is 0 Å². The second-order valence-corrected chi connectivity index (χ2v) is 7.58. The summed E-state index contributed by atoms with van der Waals surface area (Å²) in [6.45, 7) is 2.89. The van der Waals surface area contributed by atoms with Crippen molar-refractivity contribution >= 4 is 28.8 Å². The summed E-state index contributed by atoms with van der Waals surface area (Å²) in [6.07, 6.45) is 2.12. The maximum atomic E-state index is 6.40. The van der Waals surface area contributed by atoms with E-state index in [2.05, 4.69) is 23.1 Å². The molecule has 0 aromatic heterocycles. The average Bonchev–Trinajstić information content (AvgIpc) is 2.92. The fourth-order valence-corrected chi connectivity index (χ4v) is 4.24. The lowest BCUT2D eigenvalue weighted by molar-refractivity contribution is 0.275. The highest BCUT2D eigenvalue weighted by Gasteiger charge is 2.27. The van der Waals surface area contributed by atoms with E-state index in [4.69, 9.17) is 28.9 Å². The van der Waals surface area contributed by atoms with Crippen LogP contribution in [0.5, 0.6) is 0 Å². The highest BCUT2D eigenvalue weighted by Crippen LogP contribution is 2.39. The van der Waals surface area contributed by atoms with Crippen molar-refractivity contribution in [1.82, 2.24) is 4.90 Å². The van der Waals surface area contributed by atoms with Crippen LogP contribution in [0, 0.1) is 0 Å². The summed E-state index contributed by atoms with van der Waals surface area (Å²) in [5.41, 5.74) is 13.3. The second kappa shape index (κ2) is 6.53. The van der Waals surface area contributed by atoms with E-state index in [1.165, 1.54) is 22.3 Å². The Hall–Kier alpha value is -1.32. The quantitative estimate of drug-likeness (QED) is 0.860. The van der Waals surface area contributed by atoms with Gasteiger partial charge in [0, 0.05) is 35.7 Å². The molecule has 0 amide bonds. The van der Waals surface area contributed by atoms with E-state index in [0.717, 1.165) is 48.1 Å². The molecule has 1 unspecified atom stereocenters. The molecule has 4 rings (SSSR count). The minimum Gasteiger partial charge on any atom is -0.323 e. The van der Waals surface area contributed by atoms with Crippen LogP contribution in [0.25, 0.3) is 5.57 Å². The van der Waals surface area contributed by atoms with Gasteiger partial charge in [0.15, 0.2) is 0 Å². The maximum Gasteiger partial charge on any atom is 0.0424 e. The van der Waals surface area contributed by atoms with Crippen LogP contribution in [0.4, 0.5) is 0 Å². The van der Waals surface area contributed by atoms with Crippen LogP contribution < -0.4 is 5.73 Å². The summed E-state index contributed by atoms with van der Waals surface area (Å²) >= 11 is 12.3. The van der Waals surface area contributed by atoms with Crippen LogP contribution in [0.3, 0.4) is 0 Å². The SMILES string of the molecule is NC(CN1CCC2=C(Cc3ccc(Cl)cc32)C1)c1cccc(Cl)c1. The van der Waals surface area contributed by atoms with Crippen LogP contribution >= 0.6 is 23.2 Å². The predicted molar refractivity (Wildman–Crippen MR) is 102 cm³/mol. The van der Waals surface area contributed by atoms with Gasteiger partial charge in [0.25, 0.3) is 0 Å². The number of fused-ring (bicyclic) bond motifs is 2. The van der Waals surface area contributed by atoms with Gasteiger partial charge in [0.1, 0.15) is 0 Å². The molecule has 0 bridgehead atoms. The maximum absolute atomic E-state index is 6.40. The number of nitrogens with zero attached hydrogens (tertiary/aromatic N) is 1. The minimum absolute atomic E-state index is 0.0101. The number of benzene rings is 2. The lowest BCUT2D eigenvalue weighted by Gasteiger charge is -2.30. The number of halogens is 2. The summed E-state index contributed by atoms with van der Waals surface area (Å²) in [6, 6.07) is 14.1. The van der Waals surface area contributed by atoms with E-state index in [0.29, 0.717) is 0 Å². The highest BCUT2D eigenvalue weighted by molar-refractivity contribution is 6.31. The van der Waals surface area contributed by atoms with Gasteiger partial charge < -0.3 is 5.73 Å². The first-order chi connectivity index (χ1) is 11.6. The Balaban J connectivity index is 1.47. The van der Waals surface area contributed by atoms with Gasteiger partial charge in [0.2, 0.25) is 0 Å². The van der Waals surface area contributed by atoms with E-state index in [1.54, 1.807) is 0 Å². The normalized spacial score (nSPS) is 18.5. The van der Waals surface area contributed by atoms with Gasteiger partial charge >= 0.3 is 0 Å². The molecule has 1 aliphatic heterocycles. The largest absolute Gasteiger partial charge is 0.323 e. The molecule has 0 fully saturated rings. The van der Waals surface area contributed by atoms with Gasteiger partial charge in [-0.2, -0.15) is 0 Å². The first kappa shape index (κ1) is 16.2. The fraction of sp³-hybridized carbons (Fsp3) is 0.300. The third-order valence-corrected chi connectivity index (χ3v) is 5.52. The molecule has 4 heteroatoms. The van der Waals surface area contributed by atoms with Crippen molar-refractivity contribution in [2.45, 2.75) is 18.9 Å². The van der Waals surface area contributed by atoms with Crippen molar-refractivity contribution in [2.75, 3.05) is 19.6 Å². The molecule has 2 N–H and O–H groups in total. The Labute approximate surface area is 152 Å². The zero-order valence-electron chi connectivity index (χ0n) is 13.4. The number of hydrogen-bond donors (Lipinski definition) is 1. The molecule has 1 heterocycles. The summed E-state index contributed by atoms with van der Waals surface area (Å²) in [7, 11) is 0. The zero-order chi connectivity index (χ0) is 16.7. The van der Waals surface area contributed by atoms with Gasteiger partial charge in [-0.15, -0.1) is 0 Å². The molecule has 0 saturated heterocycles. The molecule has 2 nitrogen and oxygen atoms in total. The third kappa shape index (κ3) is 3.12. The van der Waals surface area contributed by atoms with Gasteiger partial charge in [-0.05, 0) is 64.9 Å². The van der Waals surface area contributed by atoms with Gasteiger partial charge in [-0.25, -0.2) is 0 Å². The number of hydrogen-bond acceptors (Lipinski definition) is 2. The van der Waals surface area contributed by atoms with Crippen LogP contribution in [-0.2, 0) is 6.42 Å². The lowest BCUT2D eigenvalue weighted by atomic mass is 9.98. The van der Waals surface area contributed by atoms with Crippen LogP contribution in [0.15, 0.2) is 48.0 Å². The molecule has 2 aromatic rings. The molecule has 0 radical (unpaired) electrons. The van der Waals surface area contributed by atoms with E-state index < -0.39 is 0 Å². The Kier molecular flexibility index (Phi) is 4.40. The van der Waals surface area contributed by atoms with E-state index >= 15 is 0 Å². The van der Waals surface area contributed by atoms with E-state index in [1.807, 2.05) is 24.3 Å². The van der Waals surface area contributed by atoms with Crippen molar-refractivity contribution < 1.29 is 0 Å². The van der Waals surface area contributed by atoms with Gasteiger partial charge in [-0.1, -0.05) is 41.4 Å². The predicted octanol–water partition coefficient (Wildman–Crippen LogP) is 4.71. The topological polar surface area (TPSA) is 29.3 Å².